The fourth-order valence-electron chi connectivity index (χ4n) is 3.57. The number of hydrogen-bond donors (Lipinski definition) is 1. The fourth-order valence-corrected chi connectivity index (χ4v) is 3.57. The second kappa shape index (κ2) is 8.73. The molecule has 0 spiro atoms. The van der Waals surface area contributed by atoms with Crippen molar-refractivity contribution in [3.8, 4) is 5.75 Å². The van der Waals surface area contributed by atoms with E-state index in [1.807, 2.05) is 6.07 Å². The molecule has 0 aliphatic carbocycles. The molecule has 0 amide bonds. The van der Waals surface area contributed by atoms with Gasteiger partial charge < -0.3 is 10.1 Å². The van der Waals surface area contributed by atoms with Gasteiger partial charge in [-0.15, -0.1) is 0 Å². The monoisotopic (exact) mass is 311 g/mol. The summed E-state index contributed by atoms with van der Waals surface area (Å²) in [5.74, 6) is 1.71. The third kappa shape index (κ3) is 4.35. The summed E-state index contributed by atoms with van der Waals surface area (Å²) in [5, 5.41) is 3.72. The zero-order valence-corrected chi connectivity index (χ0v) is 13.3. The standard InChI is InChI=1S/C20H25NO.CH4/c1-22-19-12-6-5-8-16(19)13-14-18-11-7-15-21-20(18)17-9-3-2-4-10-17;/h2-6,8-10,12,18,20-21H,7,11,13-15H2,1H3;1H4/t18-,20+;/m1./s1. The summed E-state index contributed by atoms with van der Waals surface area (Å²) in [6.45, 7) is 1.13. The lowest BCUT2D eigenvalue weighted by Crippen LogP contribution is -2.34. The van der Waals surface area contributed by atoms with Crippen molar-refractivity contribution in [1.29, 1.82) is 0 Å². The first-order chi connectivity index (χ1) is 10.9. The van der Waals surface area contributed by atoms with Crippen LogP contribution in [0.5, 0.6) is 5.75 Å². The van der Waals surface area contributed by atoms with Gasteiger partial charge in [-0.3, -0.25) is 0 Å². The van der Waals surface area contributed by atoms with Gasteiger partial charge in [0.05, 0.1) is 7.11 Å². The molecule has 1 fully saturated rings. The average Bonchev–Trinajstić information content (AvgIpc) is 2.61. The van der Waals surface area contributed by atoms with Gasteiger partial charge >= 0.3 is 0 Å². The zero-order valence-electron chi connectivity index (χ0n) is 13.3. The van der Waals surface area contributed by atoms with Crippen LogP contribution in [0.2, 0.25) is 0 Å². The van der Waals surface area contributed by atoms with Crippen LogP contribution in [-0.2, 0) is 6.42 Å². The van der Waals surface area contributed by atoms with Crippen LogP contribution in [-0.4, -0.2) is 13.7 Å². The molecule has 0 saturated carbocycles. The predicted octanol–water partition coefficient (Wildman–Crippen LogP) is 5.00. The first-order valence-electron chi connectivity index (χ1n) is 8.28. The first kappa shape index (κ1) is 17.6. The number of hydrogen-bond acceptors (Lipinski definition) is 2. The molecular weight excluding hydrogens is 282 g/mol. The summed E-state index contributed by atoms with van der Waals surface area (Å²) >= 11 is 0. The van der Waals surface area contributed by atoms with Gasteiger partial charge in [0, 0.05) is 6.04 Å². The van der Waals surface area contributed by atoms with E-state index in [0.717, 1.165) is 18.7 Å². The highest BCUT2D eigenvalue weighted by molar-refractivity contribution is 5.33. The van der Waals surface area contributed by atoms with E-state index in [2.05, 4.69) is 53.8 Å². The van der Waals surface area contributed by atoms with Crippen LogP contribution in [0.4, 0.5) is 0 Å². The molecule has 1 saturated heterocycles. The van der Waals surface area contributed by atoms with Gasteiger partial charge in [0.15, 0.2) is 0 Å². The molecule has 1 heterocycles. The normalized spacial score (nSPS) is 20.6. The number of ether oxygens (including phenoxy) is 1. The molecule has 0 bridgehead atoms. The summed E-state index contributed by atoms with van der Waals surface area (Å²) in [4.78, 5) is 0. The van der Waals surface area contributed by atoms with Gasteiger partial charge in [-0.1, -0.05) is 56.0 Å². The lowest BCUT2D eigenvalue weighted by molar-refractivity contribution is 0.268. The fraction of sp³-hybridized carbons (Fsp3) is 0.429. The van der Waals surface area contributed by atoms with Gasteiger partial charge in [-0.05, 0) is 55.3 Å². The third-order valence-electron chi connectivity index (χ3n) is 4.72. The molecule has 1 N–H and O–H groups in total. The number of piperidine rings is 1. The van der Waals surface area contributed by atoms with E-state index in [-0.39, 0.29) is 7.43 Å². The summed E-state index contributed by atoms with van der Waals surface area (Å²) in [7, 11) is 1.76. The molecule has 0 unspecified atom stereocenters. The lowest BCUT2D eigenvalue weighted by Gasteiger charge is -2.33. The minimum absolute atomic E-state index is 0. The van der Waals surface area contributed by atoms with E-state index in [9.17, 15) is 0 Å². The van der Waals surface area contributed by atoms with Crippen LogP contribution in [0.1, 0.15) is 43.9 Å². The smallest absolute Gasteiger partial charge is 0.122 e. The van der Waals surface area contributed by atoms with Crippen LogP contribution >= 0.6 is 0 Å². The van der Waals surface area contributed by atoms with E-state index in [1.54, 1.807) is 7.11 Å². The molecule has 0 aromatic heterocycles. The van der Waals surface area contributed by atoms with Crippen LogP contribution in [0.25, 0.3) is 0 Å². The Morgan fingerprint density at radius 3 is 2.57 bits per heavy atom. The molecule has 2 aromatic carbocycles. The second-order valence-corrected chi connectivity index (χ2v) is 6.10. The van der Waals surface area contributed by atoms with Crippen molar-refractivity contribution in [3.63, 3.8) is 0 Å². The van der Waals surface area contributed by atoms with Crippen molar-refractivity contribution in [3.05, 3.63) is 65.7 Å². The Morgan fingerprint density at radius 1 is 1.04 bits per heavy atom. The highest BCUT2D eigenvalue weighted by atomic mass is 16.5. The minimum Gasteiger partial charge on any atom is -0.496 e. The number of rotatable bonds is 5. The molecule has 3 rings (SSSR count). The molecule has 0 radical (unpaired) electrons. The highest BCUT2D eigenvalue weighted by Crippen LogP contribution is 2.33. The van der Waals surface area contributed by atoms with E-state index in [4.69, 9.17) is 4.74 Å². The Hall–Kier alpha value is -1.80. The molecule has 2 heteroatoms. The van der Waals surface area contributed by atoms with E-state index in [1.165, 1.54) is 30.4 Å². The zero-order chi connectivity index (χ0) is 15.2. The summed E-state index contributed by atoms with van der Waals surface area (Å²) < 4.78 is 5.48. The first-order valence-corrected chi connectivity index (χ1v) is 8.28. The van der Waals surface area contributed by atoms with Crippen molar-refractivity contribution in [1.82, 2.24) is 5.32 Å². The van der Waals surface area contributed by atoms with Gasteiger partial charge in [-0.25, -0.2) is 0 Å². The van der Waals surface area contributed by atoms with Crippen molar-refractivity contribution >= 4 is 0 Å². The largest absolute Gasteiger partial charge is 0.496 e. The molecule has 2 atom stereocenters. The van der Waals surface area contributed by atoms with Crippen LogP contribution in [0.3, 0.4) is 0 Å². The average molecular weight is 311 g/mol. The van der Waals surface area contributed by atoms with E-state index < -0.39 is 0 Å². The van der Waals surface area contributed by atoms with Crippen LogP contribution in [0, 0.1) is 5.92 Å². The van der Waals surface area contributed by atoms with Crippen LogP contribution in [0.15, 0.2) is 54.6 Å². The Kier molecular flexibility index (Phi) is 6.66. The van der Waals surface area contributed by atoms with E-state index >= 15 is 0 Å². The Labute approximate surface area is 140 Å². The predicted molar refractivity (Wildman–Crippen MR) is 98.0 cm³/mol. The molecule has 23 heavy (non-hydrogen) atoms. The van der Waals surface area contributed by atoms with Gasteiger partial charge in [0.1, 0.15) is 5.75 Å². The maximum atomic E-state index is 5.48. The molecule has 1 aliphatic heterocycles. The van der Waals surface area contributed by atoms with Crippen molar-refractivity contribution in [2.24, 2.45) is 5.92 Å². The second-order valence-electron chi connectivity index (χ2n) is 6.10. The van der Waals surface area contributed by atoms with Crippen molar-refractivity contribution in [2.45, 2.75) is 39.2 Å². The molecule has 1 aliphatic rings. The van der Waals surface area contributed by atoms with Crippen molar-refractivity contribution in [2.75, 3.05) is 13.7 Å². The number of nitrogens with one attached hydrogen (secondary N) is 1. The minimum atomic E-state index is 0. The molecule has 2 aromatic rings. The summed E-state index contributed by atoms with van der Waals surface area (Å²) in [6.07, 6.45) is 4.87. The summed E-state index contributed by atoms with van der Waals surface area (Å²) in [6, 6.07) is 19.8. The Morgan fingerprint density at radius 2 is 1.78 bits per heavy atom. The van der Waals surface area contributed by atoms with Gasteiger partial charge in [0.2, 0.25) is 0 Å². The van der Waals surface area contributed by atoms with Crippen LogP contribution < -0.4 is 10.1 Å². The number of methoxy groups -OCH3 is 1. The maximum absolute atomic E-state index is 5.48. The number of para-hydroxylation sites is 1. The third-order valence-corrected chi connectivity index (χ3v) is 4.72. The SMILES string of the molecule is C.COc1ccccc1CC[C@H]1CCCN[C@H]1c1ccccc1. The maximum Gasteiger partial charge on any atom is 0.122 e. The lowest BCUT2D eigenvalue weighted by atomic mass is 9.82. The van der Waals surface area contributed by atoms with Gasteiger partial charge in [0.25, 0.3) is 0 Å². The highest BCUT2D eigenvalue weighted by Gasteiger charge is 2.25. The number of benzene rings is 2. The van der Waals surface area contributed by atoms with Crippen molar-refractivity contribution < 1.29 is 4.74 Å². The van der Waals surface area contributed by atoms with Gasteiger partial charge in [-0.2, -0.15) is 0 Å². The molecule has 2 nitrogen and oxygen atoms in total. The Balaban J connectivity index is 0.00000192. The molecular formula is C21H29NO. The topological polar surface area (TPSA) is 21.3 Å². The quantitative estimate of drug-likeness (QED) is 0.838. The van der Waals surface area contributed by atoms with E-state index in [0.29, 0.717) is 12.0 Å². The Bertz CT molecular complexity index is 581. The summed E-state index contributed by atoms with van der Waals surface area (Å²) in [5.41, 5.74) is 2.75. The number of aryl methyl sites for hydroxylation is 1. The molecule has 124 valence electrons.